The molecule has 2 atom stereocenters. The Balaban J connectivity index is 0.00000180. The van der Waals surface area contributed by atoms with Gasteiger partial charge in [0.25, 0.3) is 0 Å². The highest BCUT2D eigenvalue weighted by Crippen LogP contribution is 2.23. The van der Waals surface area contributed by atoms with E-state index in [-0.39, 0.29) is 30.3 Å². The van der Waals surface area contributed by atoms with E-state index < -0.39 is 0 Å². The molecule has 1 saturated carbocycles. The number of hydrogen-bond acceptors (Lipinski definition) is 4. The smallest absolute Gasteiger partial charge is 0.223 e. The molecule has 19 heavy (non-hydrogen) atoms. The fraction of sp³-hybridized carbons (Fsp3) is 0.615. The number of halogens is 1. The van der Waals surface area contributed by atoms with Gasteiger partial charge in [0.2, 0.25) is 5.91 Å². The van der Waals surface area contributed by atoms with Crippen LogP contribution in [0.1, 0.15) is 37.2 Å². The highest BCUT2D eigenvalue weighted by Gasteiger charge is 2.24. The van der Waals surface area contributed by atoms with Gasteiger partial charge in [-0.3, -0.25) is 4.79 Å². The van der Waals surface area contributed by atoms with E-state index in [1.807, 2.05) is 13.0 Å². The van der Waals surface area contributed by atoms with Crippen molar-refractivity contribution in [2.45, 2.75) is 45.2 Å². The first-order valence-corrected chi connectivity index (χ1v) is 6.47. The second-order valence-electron chi connectivity index (χ2n) is 4.94. The van der Waals surface area contributed by atoms with Gasteiger partial charge in [0.15, 0.2) is 0 Å². The van der Waals surface area contributed by atoms with Gasteiger partial charge in [0, 0.05) is 18.2 Å². The van der Waals surface area contributed by atoms with Gasteiger partial charge in [0.1, 0.15) is 5.82 Å². The van der Waals surface area contributed by atoms with E-state index in [0.29, 0.717) is 6.54 Å². The molecule has 3 N–H and O–H groups in total. The summed E-state index contributed by atoms with van der Waals surface area (Å²) in [7, 11) is 0. The van der Waals surface area contributed by atoms with Crippen molar-refractivity contribution >= 4 is 18.3 Å². The van der Waals surface area contributed by atoms with Crippen LogP contribution in [0.5, 0.6) is 0 Å². The van der Waals surface area contributed by atoms with Crippen LogP contribution in [0.25, 0.3) is 0 Å². The Hall–Kier alpha value is -1.20. The predicted octanol–water partition coefficient (Wildman–Crippen LogP) is 1.34. The van der Waals surface area contributed by atoms with E-state index >= 15 is 0 Å². The van der Waals surface area contributed by atoms with Crippen LogP contribution in [0.15, 0.2) is 12.3 Å². The molecule has 106 valence electrons. The summed E-state index contributed by atoms with van der Waals surface area (Å²) in [5.74, 6) is 0.888. The third kappa shape index (κ3) is 4.76. The summed E-state index contributed by atoms with van der Waals surface area (Å²) in [6.45, 7) is 2.30. The summed E-state index contributed by atoms with van der Waals surface area (Å²) in [4.78, 5) is 20.3. The Morgan fingerprint density at radius 1 is 1.53 bits per heavy atom. The minimum Gasteiger partial charge on any atom is -0.350 e. The van der Waals surface area contributed by atoms with Crippen LogP contribution in [0, 0.1) is 12.8 Å². The maximum Gasteiger partial charge on any atom is 0.223 e. The van der Waals surface area contributed by atoms with E-state index in [1.165, 1.54) is 0 Å². The molecule has 1 aliphatic rings. The van der Waals surface area contributed by atoms with Gasteiger partial charge in [-0.15, -0.1) is 12.4 Å². The zero-order valence-electron chi connectivity index (χ0n) is 11.1. The van der Waals surface area contributed by atoms with Crippen molar-refractivity contribution in [1.82, 2.24) is 15.3 Å². The maximum atomic E-state index is 12.0. The summed E-state index contributed by atoms with van der Waals surface area (Å²) in [6.07, 6.45) is 5.54. The number of nitrogens with zero attached hydrogens (tertiary/aromatic N) is 2. The lowest BCUT2D eigenvalue weighted by Gasteiger charge is -2.25. The lowest BCUT2D eigenvalue weighted by Crippen LogP contribution is -2.37. The molecule has 0 radical (unpaired) electrons. The van der Waals surface area contributed by atoms with Crippen molar-refractivity contribution in [2.24, 2.45) is 11.7 Å². The molecule has 0 saturated heterocycles. The number of amides is 1. The zero-order chi connectivity index (χ0) is 13.0. The van der Waals surface area contributed by atoms with Crippen molar-refractivity contribution in [2.75, 3.05) is 0 Å². The SMILES string of the molecule is Cc1nccc(CNC(=O)C2CCCC(N)C2)n1.Cl. The molecule has 6 heteroatoms. The molecule has 0 spiro atoms. The van der Waals surface area contributed by atoms with E-state index in [1.54, 1.807) is 6.20 Å². The average molecular weight is 285 g/mol. The van der Waals surface area contributed by atoms with E-state index in [2.05, 4.69) is 15.3 Å². The summed E-state index contributed by atoms with van der Waals surface area (Å²) in [5.41, 5.74) is 6.73. The first-order valence-electron chi connectivity index (χ1n) is 6.47. The third-order valence-corrected chi connectivity index (χ3v) is 3.36. The number of aromatic nitrogens is 2. The van der Waals surface area contributed by atoms with Gasteiger partial charge in [-0.1, -0.05) is 6.42 Å². The first kappa shape index (κ1) is 15.9. The van der Waals surface area contributed by atoms with Crippen molar-refractivity contribution < 1.29 is 4.79 Å². The normalized spacial score (nSPS) is 22.4. The van der Waals surface area contributed by atoms with E-state index in [0.717, 1.165) is 37.2 Å². The number of hydrogen-bond donors (Lipinski definition) is 2. The zero-order valence-corrected chi connectivity index (χ0v) is 11.9. The van der Waals surface area contributed by atoms with Crippen LogP contribution in [0.4, 0.5) is 0 Å². The summed E-state index contributed by atoms with van der Waals surface area (Å²) >= 11 is 0. The molecular weight excluding hydrogens is 264 g/mol. The van der Waals surface area contributed by atoms with Crippen LogP contribution in [-0.4, -0.2) is 21.9 Å². The minimum atomic E-state index is 0. The monoisotopic (exact) mass is 284 g/mol. The minimum absolute atomic E-state index is 0. The molecule has 1 heterocycles. The van der Waals surface area contributed by atoms with Crippen LogP contribution < -0.4 is 11.1 Å². The van der Waals surface area contributed by atoms with Gasteiger partial charge in [-0.25, -0.2) is 9.97 Å². The van der Waals surface area contributed by atoms with Gasteiger partial charge in [0.05, 0.1) is 12.2 Å². The molecule has 1 aliphatic carbocycles. The number of carbonyl (C=O) groups is 1. The number of rotatable bonds is 3. The van der Waals surface area contributed by atoms with E-state index in [9.17, 15) is 4.79 Å². The highest BCUT2D eigenvalue weighted by molar-refractivity contribution is 5.85. The molecule has 0 aromatic carbocycles. The molecule has 1 aromatic heterocycles. The van der Waals surface area contributed by atoms with Crippen LogP contribution in [0.2, 0.25) is 0 Å². The predicted molar refractivity (Wildman–Crippen MR) is 75.8 cm³/mol. The summed E-state index contributed by atoms with van der Waals surface area (Å²) in [5, 5.41) is 2.93. The molecular formula is C13H21ClN4O. The fourth-order valence-corrected chi connectivity index (χ4v) is 2.39. The maximum absolute atomic E-state index is 12.0. The Morgan fingerprint density at radius 3 is 3.00 bits per heavy atom. The largest absolute Gasteiger partial charge is 0.350 e. The van der Waals surface area contributed by atoms with Crippen LogP contribution in [-0.2, 0) is 11.3 Å². The second-order valence-corrected chi connectivity index (χ2v) is 4.94. The van der Waals surface area contributed by atoms with Gasteiger partial charge >= 0.3 is 0 Å². The quantitative estimate of drug-likeness (QED) is 0.878. The topological polar surface area (TPSA) is 80.9 Å². The van der Waals surface area contributed by atoms with Gasteiger partial charge in [-0.05, 0) is 32.3 Å². The van der Waals surface area contributed by atoms with Gasteiger partial charge in [-0.2, -0.15) is 0 Å². The molecule has 0 aliphatic heterocycles. The second kappa shape index (κ2) is 7.40. The van der Waals surface area contributed by atoms with Crippen molar-refractivity contribution in [1.29, 1.82) is 0 Å². The highest BCUT2D eigenvalue weighted by atomic mass is 35.5. The summed E-state index contributed by atoms with van der Waals surface area (Å²) < 4.78 is 0. The first-order chi connectivity index (χ1) is 8.65. The molecule has 1 fully saturated rings. The molecule has 1 aromatic rings. The average Bonchev–Trinajstić information content (AvgIpc) is 2.36. The van der Waals surface area contributed by atoms with Crippen molar-refractivity contribution in [3.8, 4) is 0 Å². The number of nitrogens with one attached hydrogen (secondary N) is 1. The number of nitrogens with two attached hydrogens (primary N) is 1. The Bertz CT molecular complexity index is 427. The molecule has 0 bridgehead atoms. The lowest BCUT2D eigenvalue weighted by molar-refractivity contribution is -0.126. The van der Waals surface area contributed by atoms with Gasteiger partial charge < -0.3 is 11.1 Å². The van der Waals surface area contributed by atoms with E-state index in [4.69, 9.17) is 5.73 Å². The van der Waals surface area contributed by atoms with Crippen molar-refractivity contribution in [3.05, 3.63) is 23.8 Å². The Morgan fingerprint density at radius 2 is 2.32 bits per heavy atom. The third-order valence-electron chi connectivity index (χ3n) is 3.36. The number of aryl methyl sites for hydroxylation is 1. The summed E-state index contributed by atoms with van der Waals surface area (Å²) in [6, 6.07) is 2.00. The molecule has 2 rings (SSSR count). The number of carbonyl (C=O) groups excluding carboxylic acids is 1. The van der Waals surface area contributed by atoms with Crippen LogP contribution >= 0.6 is 12.4 Å². The standard InChI is InChI=1S/C13H20N4O.ClH/c1-9-15-6-5-12(17-9)8-16-13(18)10-3-2-4-11(14)7-10;/h5-6,10-11H,2-4,7-8,14H2,1H3,(H,16,18);1H. The fourth-order valence-electron chi connectivity index (χ4n) is 2.39. The van der Waals surface area contributed by atoms with Crippen molar-refractivity contribution in [3.63, 3.8) is 0 Å². The molecule has 2 unspecified atom stereocenters. The lowest BCUT2D eigenvalue weighted by atomic mass is 9.85. The molecule has 1 amide bonds. The van der Waals surface area contributed by atoms with Crippen LogP contribution in [0.3, 0.4) is 0 Å². The molecule has 5 nitrogen and oxygen atoms in total. The Kier molecular flexibility index (Phi) is 6.18. The Labute approximate surface area is 119 Å².